The maximum atomic E-state index is 13.2. The SMILES string of the molecule is O=C(Cn1cnc2c(oc3ccccc32)c1=O)N1CCCC(c2nnc3ccc(C(F)(F)F)cn23)C1. The molecule has 36 heavy (non-hydrogen) atoms. The van der Waals surface area contributed by atoms with Gasteiger partial charge < -0.3 is 9.32 Å². The van der Waals surface area contributed by atoms with Crippen molar-refractivity contribution in [1.82, 2.24) is 29.0 Å². The second-order valence-electron chi connectivity index (χ2n) is 8.83. The number of rotatable bonds is 3. The molecule has 1 atom stereocenters. The number of furan rings is 1. The number of halogens is 3. The lowest BCUT2D eigenvalue weighted by molar-refractivity contribution is -0.138. The van der Waals surface area contributed by atoms with E-state index < -0.39 is 17.3 Å². The summed E-state index contributed by atoms with van der Waals surface area (Å²) in [6.07, 6.45) is -0.893. The smallest absolute Gasteiger partial charge is 0.417 e. The molecule has 6 rings (SSSR count). The van der Waals surface area contributed by atoms with E-state index in [4.69, 9.17) is 4.42 Å². The van der Waals surface area contributed by atoms with Gasteiger partial charge in [0.05, 0.1) is 11.9 Å². The number of carbonyl (C=O) groups excluding carboxylic acids is 1. The van der Waals surface area contributed by atoms with Gasteiger partial charge >= 0.3 is 6.18 Å². The van der Waals surface area contributed by atoms with E-state index in [9.17, 15) is 22.8 Å². The number of carbonyl (C=O) groups is 1. The average molecular weight is 496 g/mol. The van der Waals surface area contributed by atoms with Crippen LogP contribution in [-0.2, 0) is 17.5 Å². The summed E-state index contributed by atoms with van der Waals surface area (Å²) in [6, 6.07) is 9.41. The summed E-state index contributed by atoms with van der Waals surface area (Å²) in [4.78, 5) is 32.0. The number of hydrogen-bond donors (Lipinski definition) is 0. The average Bonchev–Trinajstić information content (AvgIpc) is 3.47. The van der Waals surface area contributed by atoms with Crippen LogP contribution in [0.3, 0.4) is 0 Å². The van der Waals surface area contributed by atoms with E-state index in [2.05, 4.69) is 15.2 Å². The summed E-state index contributed by atoms with van der Waals surface area (Å²) in [7, 11) is 0. The first-order valence-corrected chi connectivity index (χ1v) is 11.4. The molecule has 5 heterocycles. The van der Waals surface area contributed by atoms with Gasteiger partial charge in [-0.05, 0) is 37.1 Å². The van der Waals surface area contributed by atoms with Crippen molar-refractivity contribution in [2.45, 2.75) is 31.5 Å². The first-order chi connectivity index (χ1) is 17.3. The minimum Gasteiger partial charge on any atom is -0.448 e. The van der Waals surface area contributed by atoms with Crippen LogP contribution in [0.1, 0.15) is 30.1 Å². The predicted octanol–water partition coefficient (Wildman–Crippen LogP) is 3.61. The van der Waals surface area contributed by atoms with Crippen molar-refractivity contribution in [2.24, 2.45) is 0 Å². The molecule has 12 heteroatoms. The molecule has 184 valence electrons. The molecule has 1 fully saturated rings. The number of para-hydroxylation sites is 1. The highest BCUT2D eigenvalue weighted by molar-refractivity contribution is 6.01. The van der Waals surface area contributed by atoms with Gasteiger partial charge in [-0.25, -0.2) is 4.98 Å². The number of amides is 1. The number of nitrogens with zero attached hydrogens (tertiary/aromatic N) is 6. The van der Waals surface area contributed by atoms with Gasteiger partial charge in [-0.3, -0.25) is 18.6 Å². The monoisotopic (exact) mass is 496 g/mol. The fourth-order valence-corrected chi connectivity index (χ4v) is 4.74. The van der Waals surface area contributed by atoms with Crippen LogP contribution in [0.2, 0.25) is 0 Å². The van der Waals surface area contributed by atoms with E-state index in [1.54, 1.807) is 17.0 Å². The van der Waals surface area contributed by atoms with Crippen LogP contribution in [0.15, 0.2) is 58.1 Å². The Morgan fingerprint density at radius 2 is 1.97 bits per heavy atom. The second kappa shape index (κ2) is 8.18. The minimum absolute atomic E-state index is 0.0819. The topological polar surface area (TPSA) is 98.5 Å². The molecular weight excluding hydrogens is 477 g/mol. The molecule has 5 aromatic rings. The van der Waals surface area contributed by atoms with E-state index in [-0.39, 0.29) is 30.5 Å². The van der Waals surface area contributed by atoms with Gasteiger partial charge in [0.25, 0.3) is 5.56 Å². The Kier molecular flexibility index (Phi) is 5.06. The molecule has 4 aromatic heterocycles. The molecule has 0 aliphatic carbocycles. The summed E-state index contributed by atoms with van der Waals surface area (Å²) in [5, 5.41) is 8.83. The third-order valence-corrected chi connectivity index (χ3v) is 6.55. The van der Waals surface area contributed by atoms with E-state index in [1.165, 1.54) is 21.4 Å². The largest absolute Gasteiger partial charge is 0.448 e. The van der Waals surface area contributed by atoms with Crippen LogP contribution < -0.4 is 5.56 Å². The van der Waals surface area contributed by atoms with Gasteiger partial charge in [-0.1, -0.05) is 12.1 Å². The number of alkyl halides is 3. The molecular formula is C24H19F3N6O3. The van der Waals surface area contributed by atoms with Crippen LogP contribution >= 0.6 is 0 Å². The van der Waals surface area contributed by atoms with Crippen LogP contribution in [0, 0.1) is 0 Å². The molecule has 0 bridgehead atoms. The van der Waals surface area contributed by atoms with Crippen LogP contribution in [0.4, 0.5) is 13.2 Å². The molecule has 1 aromatic carbocycles. The minimum atomic E-state index is -4.49. The Morgan fingerprint density at radius 1 is 1.14 bits per heavy atom. The van der Waals surface area contributed by atoms with Gasteiger partial charge in [-0.2, -0.15) is 13.2 Å². The summed E-state index contributed by atoms with van der Waals surface area (Å²) in [5.41, 5.74) is 0.106. The molecule has 0 N–H and O–H groups in total. The zero-order chi connectivity index (χ0) is 25.0. The highest BCUT2D eigenvalue weighted by atomic mass is 19.4. The Hall–Kier alpha value is -4.22. The standard InChI is InChI=1S/C24H19F3N6O3/c25-24(26,27)15-7-8-18-29-30-22(33(18)11-15)14-4-3-9-31(10-14)19(34)12-32-13-28-20-16-5-1-2-6-17(16)36-21(20)23(32)35/h1-2,5-8,11,13-14H,3-4,9-10,12H2. The van der Waals surface area contributed by atoms with Gasteiger partial charge in [-0.15, -0.1) is 10.2 Å². The molecule has 0 radical (unpaired) electrons. The predicted molar refractivity (Wildman–Crippen MR) is 122 cm³/mol. The van der Waals surface area contributed by atoms with Crippen LogP contribution in [0.25, 0.3) is 27.7 Å². The Morgan fingerprint density at radius 3 is 2.81 bits per heavy atom. The molecule has 1 saturated heterocycles. The third-order valence-electron chi connectivity index (χ3n) is 6.55. The molecule has 0 saturated carbocycles. The fraction of sp³-hybridized carbons (Fsp3) is 0.292. The van der Waals surface area contributed by atoms with E-state index in [0.717, 1.165) is 17.6 Å². The molecule has 9 nitrogen and oxygen atoms in total. The van der Waals surface area contributed by atoms with Crippen molar-refractivity contribution in [3.63, 3.8) is 0 Å². The van der Waals surface area contributed by atoms with Gasteiger partial charge in [0, 0.05) is 30.6 Å². The molecule has 1 unspecified atom stereocenters. The maximum absolute atomic E-state index is 13.2. The lowest BCUT2D eigenvalue weighted by Crippen LogP contribution is -2.42. The molecule has 1 aliphatic rings. The number of benzene rings is 1. The number of pyridine rings is 1. The first-order valence-electron chi connectivity index (χ1n) is 11.4. The zero-order valence-electron chi connectivity index (χ0n) is 18.8. The summed E-state index contributed by atoms with van der Waals surface area (Å²) in [5.74, 6) is -0.228. The molecule has 1 aliphatic heterocycles. The van der Waals surface area contributed by atoms with E-state index >= 15 is 0 Å². The van der Waals surface area contributed by atoms with Crippen molar-refractivity contribution >= 4 is 33.6 Å². The maximum Gasteiger partial charge on any atom is 0.417 e. The van der Waals surface area contributed by atoms with Gasteiger partial charge in [0.15, 0.2) is 5.65 Å². The van der Waals surface area contributed by atoms with Crippen LogP contribution in [-0.4, -0.2) is 48.0 Å². The Bertz CT molecular complexity index is 1690. The highest BCUT2D eigenvalue weighted by Crippen LogP contribution is 2.31. The lowest BCUT2D eigenvalue weighted by Gasteiger charge is -2.32. The number of piperidine rings is 1. The van der Waals surface area contributed by atoms with Crippen LogP contribution in [0.5, 0.6) is 0 Å². The van der Waals surface area contributed by atoms with Gasteiger partial charge in [0.2, 0.25) is 11.5 Å². The third kappa shape index (κ3) is 3.69. The highest BCUT2D eigenvalue weighted by Gasteiger charge is 2.33. The second-order valence-corrected chi connectivity index (χ2v) is 8.83. The molecule has 0 spiro atoms. The van der Waals surface area contributed by atoms with Gasteiger partial charge in [0.1, 0.15) is 23.5 Å². The van der Waals surface area contributed by atoms with Crippen molar-refractivity contribution < 1.29 is 22.4 Å². The van der Waals surface area contributed by atoms with Crippen molar-refractivity contribution in [2.75, 3.05) is 13.1 Å². The number of aromatic nitrogens is 5. The lowest BCUT2D eigenvalue weighted by atomic mass is 9.97. The van der Waals surface area contributed by atoms with Crippen molar-refractivity contribution in [1.29, 1.82) is 0 Å². The number of likely N-dealkylation sites (tertiary alicyclic amines) is 1. The quantitative estimate of drug-likeness (QED) is 0.379. The first kappa shape index (κ1) is 22.3. The van der Waals surface area contributed by atoms with Crippen molar-refractivity contribution in [3.8, 4) is 0 Å². The summed E-state index contributed by atoms with van der Waals surface area (Å²) in [6.45, 7) is 0.490. The number of fused-ring (bicyclic) bond motifs is 4. The summed E-state index contributed by atoms with van der Waals surface area (Å²) >= 11 is 0. The normalized spacial score (nSPS) is 16.9. The zero-order valence-corrected chi connectivity index (χ0v) is 18.8. The molecule has 1 amide bonds. The Labute approximate surface area is 200 Å². The summed E-state index contributed by atoms with van der Waals surface area (Å²) < 4.78 is 47.9. The Balaban J connectivity index is 1.25. The van der Waals surface area contributed by atoms with E-state index in [0.29, 0.717) is 42.0 Å². The van der Waals surface area contributed by atoms with E-state index in [1.807, 2.05) is 12.1 Å². The number of hydrogen-bond acceptors (Lipinski definition) is 6. The fourth-order valence-electron chi connectivity index (χ4n) is 4.74. The van der Waals surface area contributed by atoms with Crippen molar-refractivity contribution in [3.05, 3.63) is 70.7 Å².